The average Bonchev–Trinajstić information content (AvgIpc) is 3.20. The largest absolute Gasteiger partial charge is 0.356 e. The Morgan fingerprint density at radius 2 is 1.62 bits per heavy atom. The number of benzene rings is 3. The van der Waals surface area contributed by atoms with Gasteiger partial charge in [0.25, 0.3) is 0 Å². The van der Waals surface area contributed by atoms with Crippen LogP contribution in [-0.2, 0) is 24.2 Å². The van der Waals surface area contributed by atoms with Crippen molar-refractivity contribution in [3.05, 3.63) is 99.8 Å². The topological polar surface area (TPSA) is 46.9 Å². The molecule has 3 aromatic carbocycles. The molecule has 4 aromatic rings. The normalized spacial score (nSPS) is 11.1. The second kappa shape index (κ2) is 12.0. The molecule has 0 radical (unpaired) electrons. The predicted molar refractivity (Wildman–Crippen MR) is 141 cm³/mol. The molecule has 1 aromatic heterocycles. The number of nitrogens with one attached hydrogen (secondary N) is 1. The number of amides is 1. The Morgan fingerprint density at radius 1 is 0.824 bits per heavy atom. The van der Waals surface area contributed by atoms with Crippen molar-refractivity contribution in [1.29, 1.82) is 0 Å². The van der Waals surface area contributed by atoms with E-state index in [4.69, 9.17) is 28.2 Å². The lowest BCUT2D eigenvalue weighted by Gasteiger charge is -2.11. The quantitative estimate of drug-likeness (QED) is 0.232. The molecule has 0 aliphatic heterocycles. The van der Waals surface area contributed by atoms with Gasteiger partial charge in [0.2, 0.25) is 5.91 Å². The van der Waals surface area contributed by atoms with E-state index in [1.54, 1.807) is 0 Å². The fourth-order valence-electron chi connectivity index (χ4n) is 4.12. The molecule has 0 unspecified atom stereocenters. The number of rotatable bonds is 11. The van der Waals surface area contributed by atoms with Crippen LogP contribution in [0.15, 0.2) is 72.8 Å². The summed E-state index contributed by atoms with van der Waals surface area (Å²) in [5.41, 5.74) is 4.41. The lowest BCUT2D eigenvalue weighted by atomic mass is 10.1. The predicted octanol–water partition coefficient (Wildman–Crippen LogP) is 6.85. The van der Waals surface area contributed by atoms with Gasteiger partial charge in [0.05, 0.1) is 21.1 Å². The number of aryl methyl sites for hydroxylation is 2. The van der Waals surface area contributed by atoms with Gasteiger partial charge >= 0.3 is 0 Å². The van der Waals surface area contributed by atoms with Crippen LogP contribution in [0.25, 0.3) is 11.0 Å². The fraction of sp³-hybridized carbons (Fsp3) is 0.286. The number of hydrogen-bond donors (Lipinski definition) is 1. The van der Waals surface area contributed by atoms with E-state index in [1.807, 2.05) is 48.5 Å². The Balaban J connectivity index is 1.26. The highest BCUT2D eigenvalue weighted by Crippen LogP contribution is 2.25. The summed E-state index contributed by atoms with van der Waals surface area (Å²) in [5.74, 6) is 1.19. The van der Waals surface area contributed by atoms with Crippen molar-refractivity contribution in [2.24, 2.45) is 0 Å². The zero-order chi connectivity index (χ0) is 23.8. The first-order chi connectivity index (χ1) is 16.6. The number of unbranched alkanes of at least 4 members (excludes halogenated alkanes) is 2. The Morgan fingerprint density at radius 3 is 2.44 bits per heavy atom. The summed E-state index contributed by atoms with van der Waals surface area (Å²) in [6, 6.07) is 24.1. The summed E-state index contributed by atoms with van der Waals surface area (Å²) in [7, 11) is 0. The van der Waals surface area contributed by atoms with E-state index in [1.165, 1.54) is 5.56 Å². The monoisotopic (exact) mass is 493 g/mol. The van der Waals surface area contributed by atoms with Crippen molar-refractivity contribution in [3.63, 3.8) is 0 Å². The van der Waals surface area contributed by atoms with Crippen molar-refractivity contribution in [2.45, 2.75) is 45.1 Å². The summed E-state index contributed by atoms with van der Waals surface area (Å²) < 4.78 is 2.26. The zero-order valence-electron chi connectivity index (χ0n) is 19.1. The van der Waals surface area contributed by atoms with Gasteiger partial charge in [-0.15, -0.1) is 0 Å². The molecule has 0 aliphatic carbocycles. The van der Waals surface area contributed by atoms with Gasteiger partial charge in [0, 0.05) is 25.9 Å². The van der Waals surface area contributed by atoms with E-state index >= 15 is 0 Å². The maximum atomic E-state index is 12.1. The Bertz CT molecular complexity index is 1240. The first kappa shape index (κ1) is 24.3. The van der Waals surface area contributed by atoms with E-state index in [2.05, 4.69) is 34.1 Å². The Hall–Kier alpha value is -2.82. The molecule has 176 valence electrons. The number of nitrogens with zero attached hydrogens (tertiary/aromatic N) is 2. The first-order valence-electron chi connectivity index (χ1n) is 11.8. The van der Waals surface area contributed by atoms with E-state index in [9.17, 15) is 4.79 Å². The molecule has 0 atom stereocenters. The number of aromatic nitrogens is 2. The van der Waals surface area contributed by atoms with Crippen LogP contribution < -0.4 is 5.32 Å². The van der Waals surface area contributed by atoms with Crippen LogP contribution >= 0.6 is 23.2 Å². The smallest absolute Gasteiger partial charge is 0.220 e. The minimum absolute atomic E-state index is 0.118. The minimum Gasteiger partial charge on any atom is -0.356 e. The molecule has 4 rings (SSSR count). The van der Waals surface area contributed by atoms with Gasteiger partial charge < -0.3 is 9.88 Å². The second-order valence-electron chi connectivity index (χ2n) is 8.50. The van der Waals surface area contributed by atoms with Crippen LogP contribution in [0, 0.1) is 0 Å². The van der Waals surface area contributed by atoms with E-state index < -0.39 is 0 Å². The molecule has 1 amide bonds. The number of halogens is 2. The SMILES string of the molecule is O=C(CCc1ccccc1)NCCCCCc1nc2ccccc2n1Cc1ccc(Cl)c(Cl)c1. The fourth-order valence-corrected chi connectivity index (χ4v) is 4.44. The van der Waals surface area contributed by atoms with Crippen molar-refractivity contribution in [3.8, 4) is 0 Å². The maximum absolute atomic E-state index is 12.1. The van der Waals surface area contributed by atoms with Crippen molar-refractivity contribution >= 4 is 40.1 Å². The first-order valence-corrected chi connectivity index (χ1v) is 12.5. The molecular weight excluding hydrogens is 465 g/mol. The van der Waals surface area contributed by atoms with Crippen LogP contribution in [0.1, 0.15) is 42.6 Å². The van der Waals surface area contributed by atoms with Gasteiger partial charge in [-0.1, -0.05) is 78.2 Å². The number of fused-ring (bicyclic) bond motifs is 1. The summed E-state index contributed by atoms with van der Waals surface area (Å²) in [4.78, 5) is 17.0. The summed E-state index contributed by atoms with van der Waals surface area (Å²) in [6.45, 7) is 1.41. The number of imidazole rings is 1. The van der Waals surface area contributed by atoms with Gasteiger partial charge in [-0.25, -0.2) is 4.98 Å². The van der Waals surface area contributed by atoms with Crippen molar-refractivity contribution in [1.82, 2.24) is 14.9 Å². The third-order valence-electron chi connectivity index (χ3n) is 5.94. The van der Waals surface area contributed by atoms with Crippen molar-refractivity contribution < 1.29 is 4.79 Å². The van der Waals surface area contributed by atoms with Crippen LogP contribution in [0.3, 0.4) is 0 Å². The molecule has 6 heteroatoms. The standard InChI is InChI=1S/C28H29Cl2N3O/c29-23-16-14-22(19-24(23)30)20-33-26-12-7-6-11-25(26)32-27(33)13-5-2-8-18-31-28(34)17-15-21-9-3-1-4-10-21/h1,3-4,6-7,9-12,14,16,19H,2,5,8,13,15,17-18,20H2,(H,31,34). The highest BCUT2D eigenvalue weighted by molar-refractivity contribution is 6.42. The lowest BCUT2D eigenvalue weighted by Crippen LogP contribution is -2.24. The van der Waals surface area contributed by atoms with Crippen LogP contribution in [0.5, 0.6) is 0 Å². The third kappa shape index (κ3) is 6.62. The van der Waals surface area contributed by atoms with Gasteiger partial charge in [0.1, 0.15) is 5.82 Å². The molecule has 0 fully saturated rings. The Kier molecular flexibility index (Phi) is 8.62. The van der Waals surface area contributed by atoms with Gasteiger partial charge in [0.15, 0.2) is 0 Å². The number of para-hydroxylation sites is 2. The van der Waals surface area contributed by atoms with E-state index in [-0.39, 0.29) is 5.91 Å². The minimum atomic E-state index is 0.118. The Labute approximate surface area is 210 Å². The molecule has 0 bridgehead atoms. The highest BCUT2D eigenvalue weighted by atomic mass is 35.5. The number of hydrogen-bond acceptors (Lipinski definition) is 2. The van der Waals surface area contributed by atoms with Crippen LogP contribution in [-0.4, -0.2) is 22.0 Å². The molecular formula is C28H29Cl2N3O. The van der Waals surface area contributed by atoms with Gasteiger partial charge in [-0.05, 0) is 54.7 Å². The van der Waals surface area contributed by atoms with E-state index in [0.717, 1.165) is 54.5 Å². The highest BCUT2D eigenvalue weighted by Gasteiger charge is 2.11. The molecule has 0 aliphatic rings. The van der Waals surface area contributed by atoms with Gasteiger partial charge in [-0.3, -0.25) is 4.79 Å². The van der Waals surface area contributed by atoms with Crippen molar-refractivity contribution in [2.75, 3.05) is 6.54 Å². The number of carbonyl (C=O) groups is 1. The van der Waals surface area contributed by atoms with E-state index in [0.29, 0.717) is 29.6 Å². The summed E-state index contributed by atoms with van der Waals surface area (Å²) in [6.07, 6.45) is 5.21. The molecule has 4 nitrogen and oxygen atoms in total. The van der Waals surface area contributed by atoms with Crippen LogP contribution in [0.4, 0.5) is 0 Å². The summed E-state index contributed by atoms with van der Waals surface area (Å²) >= 11 is 12.3. The zero-order valence-corrected chi connectivity index (χ0v) is 20.7. The average molecular weight is 494 g/mol. The lowest BCUT2D eigenvalue weighted by molar-refractivity contribution is -0.121. The summed E-state index contributed by atoms with van der Waals surface area (Å²) in [5, 5.41) is 4.17. The molecule has 0 spiro atoms. The molecule has 0 saturated carbocycles. The van der Waals surface area contributed by atoms with Gasteiger partial charge in [-0.2, -0.15) is 0 Å². The molecule has 34 heavy (non-hydrogen) atoms. The second-order valence-corrected chi connectivity index (χ2v) is 9.31. The van der Waals surface area contributed by atoms with Crippen LogP contribution in [0.2, 0.25) is 10.0 Å². The molecule has 0 saturated heterocycles. The maximum Gasteiger partial charge on any atom is 0.220 e. The number of carbonyl (C=O) groups excluding carboxylic acids is 1. The molecule has 1 N–H and O–H groups in total. The third-order valence-corrected chi connectivity index (χ3v) is 6.68. The molecule has 1 heterocycles.